The standard InChI is InChI=1S/C18H20FN5/c1-23-18-17(20-7-8-21-18)16(22-23)14-5-3-9-24(12-14)11-13-4-2-6-15(19)10-13/h2,4,6-8,10,14H,3,5,9,11-12H2,1H3/t14-/m0/s1. The Bertz CT molecular complexity index is 859. The lowest BCUT2D eigenvalue weighted by Gasteiger charge is -2.32. The molecule has 0 amide bonds. The first-order chi connectivity index (χ1) is 11.7. The van der Waals surface area contributed by atoms with Crippen LogP contribution >= 0.6 is 0 Å². The second kappa shape index (κ2) is 6.28. The maximum absolute atomic E-state index is 13.4. The van der Waals surface area contributed by atoms with Crippen LogP contribution in [0.1, 0.15) is 30.0 Å². The summed E-state index contributed by atoms with van der Waals surface area (Å²) < 4.78 is 15.2. The molecular formula is C18H20FN5. The Kier molecular flexibility index (Phi) is 3.98. The molecule has 0 saturated carbocycles. The van der Waals surface area contributed by atoms with E-state index in [1.54, 1.807) is 24.5 Å². The van der Waals surface area contributed by atoms with E-state index in [1.165, 1.54) is 6.07 Å². The predicted octanol–water partition coefficient (Wildman–Crippen LogP) is 2.88. The highest BCUT2D eigenvalue weighted by molar-refractivity contribution is 5.73. The number of likely N-dealkylation sites (tertiary alicyclic amines) is 1. The van der Waals surface area contributed by atoms with E-state index in [0.717, 1.165) is 54.9 Å². The van der Waals surface area contributed by atoms with Crippen molar-refractivity contribution in [3.8, 4) is 0 Å². The van der Waals surface area contributed by atoms with Crippen molar-refractivity contribution in [2.75, 3.05) is 13.1 Å². The van der Waals surface area contributed by atoms with Crippen LogP contribution in [0.15, 0.2) is 36.7 Å². The molecule has 1 fully saturated rings. The molecule has 3 aromatic rings. The van der Waals surface area contributed by atoms with E-state index in [1.807, 2.05) is 17.8 Å². The molecular weight excluding hydrogens is 305 g/mol. The first-order valence-corrected chi connectivity index (χ1v) is 8.31. The van der Waals surface area contributed by atoms with Crippen molar-refractivity contribution in [1.82, 2.24) is 24.6 Å². The smallest absolute Gasteiger partial charge is 0.176 e. The minimum absolute atomic E-state index is 0.174. The zero-order valence-corrected chi connectivity index (χ0v) is 13.7. The van der Waals surface area contributed by atoms with Gasteiger partial charge in [0.1, 0.15) is 11.3 Å². The fourth-order valence-corrected chi connectivity index (χ4v) is 3.60. The molecule has 0 bridgehead atoms. The van der Waals surface area contributed by atoms with Crippen molar-refractivity contribution < 1.29 is 4.39 Å². The van der Waals surface area contributed by atoms with Crippen LogP contribution in [-0.2, 0) is 13.6 Å². The summed E-state index contributed by atoms with van der Waals surface area (Å²) >= 11 is 0. The van der Waals surface area contributed by atoms with Gasteiger partial charge in [-0.05, 0) is 37.1 Å². The van der Waals surface area contributed by atoms with Gasteiger partial charge >= 0.3 is 0 Å². The molecule has 1 atom stereocenters. The van der Waals surface area contributed by atoms with Crippen LogP contribution in [0.25, 0.3) is 11.2 Å². The Balaban J connectivity index is 1.56. The van der Waals surface area contributed by atoms with E-state index >= 15 is 0 Å². The average molecular weight is 325 g/mol. The van der Waals surface area contributed by atoms with Gasteiger partial charge < -0.3 is 0 Å². The third kappa shape index (κ3) is 2.89. The van der Waals surface area contributed by atoms with Crippen molar-refractivity contribution in [2.45, 2.75) is 25.3 Å². The Morgan fingerprint density at radius 3 is 3.00 bits per heavy atom. The lowest BCUT2D eigenvalue weighted by atomic mass is 9.94. The molecule has 1 aliphatic heterocycles. The third-order valence-electron chi connectivity index (χ3n) is 4.67. The van der Waals surface area contributed by atoms with Gasteiger partial charge in [0.25, 0.3) is 0 Å². The number of aromatic nitrogens is 4. The van der Waals surface area contributed by atoms with Gasteiger partial charge in [-0.25, -0.2) is 19.0 Å². The average Bonchev–Trinajstić information content (AvgIpc) is 2.93. The van der Waals surface area contributed by atoms with Gasteiger partial charge in [0.2, 0.25) is 0 Å². The van der Waals surface area contributed by atoms with Gasteiger partial charge in [0.05, 0.1) is 5.69 Å². The van der Waals surface area contributed by atoms with Gasteiger partial charge in [-0.1, -0.05) is 12.1 Å². The normalized spacial score (nSPS) is 19.0. The molecule has 0 spiro atoms. The summed E-state index contributed by atoms with van der Waals surface area (Å²) in [6.45, 7) is 2.72. The summed E-state index contributed by atoms with van der Waals surface area (Å²) in [5, 5.41) is 4.67. The third-order valence-corrected chi connectivity index (χ3v) is 4.67. The number of halogens is 1. The van der Waals surface area contributed by atoms with Crippen LogP contribution in [0.5, 0.6) is 0 Å². The molecule has 24 heavy (non-hydrogen) atoms. The number of rotatable bonds is 3. The van der Waals surface area contributed by atoms with Crippen molar-refractivity contribution in [1.29, 1.82) is 0 Å². The highest BCUT2D eigenvalue weighted by Gasteiger charge is 2.26. The Labute approximate surface area is 140 Å². The minimum atomic E-state index is -0.174. The molecule has 2 aromatic heterocycles. The molecule has 0 radical (unpaired) electrons. The van der Waals surface area contributed by atoms with E-state index in [4.69, 9.17) is 0 Å². The highest BCUT2D eigenvalue weighted by atomic mass is 19.1. The SMILES string of the molecule is Cn1nc([C@H]2CCCN(Cc3cccc(F)c3)C2)c2nccnc21. The van der Waals surface area contributed by atoms with Gasteiger partial charge in [-0.2, -0.15) is 5.10 Å². The number of fused-ring (bicyclic) bond motifs is 1. The number of hydrogen-bond acceptors (Lipinski definition) is 4. The second-order valence-corrected chi connectivity index (χ2v) is 6.44. The molecule has 0 N–H and O–H groups in total. The Hall–Kier alpha value is -2.34. The van der Waals surface area contributed by atoms with Crippen molar-refractivity contribution in [3.63, 3.8) is 0 Å². The zero-order valence-electron chi connectivity index (χ0n) is 13.7. The quantitative estimate of drug-likeness (QED) is 0.743. The van der Waals surface area contributed by atoms with Crippen LogP contribution in [0.3, 0.4) is 0 Å². The molecule has 6 heteroatoms. The Morgan fingerprint density at radius 2 is 2.12 bits per heavy atom. The molecule has 124 valence electrons. The number of aryl methyl sites for hydroxylation is 1. The lowest BCUT2D eigenvalue weighted by Crippen LogP contribution is -2.34. The summed E-state index contributed by atoms with van der Waals surface area (Å²) in [4.78, 5) is 11.2. The number of benzene rings is 1. The monoisotopic (exact) mass is 325 g/mol. The van der Waals surface area contributed by atoms with Gasteiger partial charge in [0, 0.05) is 38.4 Å². The Morgan fingerprint density at radius 1 is 1.25 bits per heavy atom. The largest absolute Gasteiger partial charge is 0.298 e. The maximum Gasteiger partial charge on any atom is 0.176 e. The summed E-state index contributed by atoms with van der Waals surface area (Å²) in [6, 6.07) is 6.86. The van der Waals surface area contributed by atoms with Gasteiger partial charge in [0.15, 0.2) is 5.65 Å². The van der Waals surface area contributed by atoms with Crippen LogP contribution < -0.4 is 0 Å². The molecule has 1 saturated heterocycles. The van der Waals surface area contributed by atoms with Crippen LogP contribution in [-0.4, -0.2) is 37.7 Å². The minimum Gasteiger partial charge on any atom is -0.298 e. The number of nitrogens with zero attached hydrogens (tertiary/aromatic N) is 5. The summed E-state index contributed by atoms with van der Waals surface area (Å²) in [5.74, 6) is 0.166. The highest BCUT2D eigenvalue weighted by Crippen LogP contribution is 2.30. The molecule has 0 unspecified atom stereocenters. The first kappa shape index (κ1) is 15.2. The van der Waals surface area contributed by atoms with Gasteiger partial charge in [-0.15, -0.1) is 0 Å². The molecule has 5 nitrogen and oxygen atoms in total. The van der Waals surface area contributed by atoms with Crippen LogP contribution in [0.2, 0.25) is 0 Å². The molecule has 3 heterocycles. The fraction of sp³-hybridized carbons (Fsp3) is 0.389. The van der Waals surface area contributed by atoms with Crippen LogP contribution in [0.4, 0.5) is 4.39 Å². The van der Waals surface area contributed by atoms with E-state index in [-0.39, 0.29) is 5.82 Å². The van der Waals surface area contributed by atoms with E-state index < -0.39 is 0 Å². The van der Waals surface area contributed by atoms with Gasteiger partial charge in [-0.3, -0.25) is 4.90 Å². The van der Waals surface area contributed by atoms with E-state index in [2.05, 4.69) is 20.0 Å². The number of piperidine rings is 1. The van der Waals surface area contributed by atoms with E-state index in [9.17, 15) is 4.39 Å². The first-order valence-electron chi connectivity index (χ1n) is 8.31. The van der Waals surface area contributed by atoms with Crippen LogP contribution in [0, 0.1) is 5.82 Å². The summed E-state index contributed by atoms with van der Waals surface area (Å²) in [5.41, 5.74) is 3.78. The molecule has 1 aliphatic rings. The summed E-state index contributed by atoms with van der Waals surface area (Å²) in [6.07, 6.45) is 5.63. The van der Waals surface area contributed by atoms with Crippen molar-refractivity contribution in [3.05, 3.63) is 53.7 Å². The van der Waals surface area contributed by atoms with Crippen molar-refractivity contribution >= 4 is 11.2 Å². The lowest BCUT2D eigenvalue weighted by molar-refractivity contribution is 0.198. The fourth-order valence-electron chi connectivity index (χ4n) is 3.60. The number of hydrogen-bond donors (Lipinski definition) is 0. The maximum atomic E-state index is 13.4. The second-order valence-electron chi connectivity index (χ2n) is 6.44. The topological polar surface area (TPSA) is 46.8 Å². The van der Waals surface area contributed by atoms with Crippen molar-refractivity contribution in [2.24, 2.45) is 7.05 Å². The molecule has 1 aromatic carbocycles. The summed E-state index contributed by atoms with van der Waals surface area (Å²) in [7, 11) is 1.91. The molecule has 0 aliphatic carbocycles. The van der Waals surface area contributed by atoms with E-state index in [0.29, 0.717) is 5.92 Å². The zero-order chi connectivity index (χ0) is 16.5. The predicted molar refractivity (Wildman–Crippen MR) is 90.0 cm³/mol. The molecule has 4 rings (SSSR count).